The molecule has 0 aliphatic carbocycles. The van der Waals surface area contributed by atoms with Gasteiger partial charge in [0.1, 0.15) is 0 Å². The van der Waals surface area contributed by atoms with Gasteiger partial charge in [0.2, 0.25) is 5.91 Å². The number of aliphatic hydroxyl groups excluding tert-OH is 1. The minimum atomic E-state index is -0.332. The van der Waals surface area contributed by atoms with Crippen LogP contribution < -0.4 is 0 Å². The Bertz CT molecular complexity index is 287. The third-order valence-electron chi connectivity index (χ3n) is 4.24. The molecule has 0 aromatic rings. The molecule has 2 aliphatic heterocycles. The lowest BCUT2D eigenvalue weighted by Gasteiger charge is -2.31. The molecule has 2 saturated heterocycles. The number of carbonyl (C=O) groups is 1. The monoisotopic (exact) mass is 269 g/mol. The van der Waals surface area contributed by atoms with Crippen molar-refractivity contribution >= 4 is 5.91 Å². The molecule has 19 heavy (non-hydrogen) atoms. The maximum absolute atomic E-state index is 12.5. The molecule has 2 fully saturated rings. The number of hydrogen-bond acceptors (Lipinski definition) is 3. The van der Waals surface area contributed by atoms with Crippen molar-refractivity contribution < 1.29 is 14.6 Å². The van der Waals surface area contributed by atoms with Crippen molar-refractivity contribution in [2.45, 2.75) is 76.5 Å². The zero-order valence-corrected chi connectivity index (χ0v) is 12.0. The smallest absolute Gasteiger partial charge is 0.225 e. The van der Waals surface area contributed by atoms with Gasteiger partial charge in [-0.15, -0.1) is 0 Å². The number of hydrogen-bond donors (Lipinski definition) is 1. The summed E-state index contributed by atoms with van der Waals surface area (Å²) in [5.41, 5.74) is 0. The summed E-state index contributed by atoms with van der Waals surface area (Å²) in [5.74, 6) is 0.222. The zero-order chi connectivity index (χ0) is 13.7. The number of nitrogens with zero attached hydrogens (tertiary/aromatic N) is 1. The molecule has 3 unspecified atom stereocenters. The predicted molar refractivity (Wildman–Crippen MR) is 73.9 cm³/mol. The van der Waals surface area contributed by atoms with E-state index in [0.717, 1.165) is 38.8 Å². The molecular weight excluding hydrogens is 242 g/mol. The SMILES string of the molecule is CC(O)CC1CCCCCN1C(=O)CC1CCCO1. The van der Waals surface area contributed by atoms with Crippen LogP contribution in [0.25, 0.3) is 0 Å². The van der Waals surface area contributed by atoms with Crippen LogP contribution in [-0.2, 0) is 9.53 Å². The molecule has 0 saturated carbocycles. The van der Waals surface area contributed by atoms with E-state index in [4.69, 9.17) is 4.74 Å². The molecule has 0 aromatic heterocycles. The largest absolute Gasteiger partial charge is 0.393 e. The third kappa shape index (κ3) is 4.46. The standard InChI is InChI=1S/C15H27NO3/c1-12(17)10-13-6-3-2-4-8-16(13)15(18)11-14-7-5-9-19-14/h12-14,17H,2-11H2,1H3. The van der Waals surface area contributed by atoms with Crippen LogP contribution in [0.4, 0.5) is 0 Å². The summed E-state index contributed by atoms with van der Waals surface area (Å²) in [7, 11) is 0. The fraction of sp³-hybridized carbons (Fsp3) is 0.933. The van der Waals surface area contributed by atoms with Gasteiger partial charge in [-0.3, -0.25) is 4.79 Å². The quantitative estimate of drug-likeness (QED) is 0.850. The second-order valence-electron chi connectivity index (χ2n) is 6.01. The summed E-state index contributed by atoms with van der Waals surface area (Å²) in [6.45, 7) is 3.46. The number of likely N-dealkylation sites (tertiary alicyclic amines) is 1. The summed E-state index contributed by atoms with van der Waals surface area (Å²) in [6, 6.07) is 0.219. The van der Waals surface area contributed by atoms with Gasteiger partial charge in [0.25, 0.3) is 0 Å². The minimum Gasteiger partial charge on any atom is -0.393 e. The first-order valence-corrected chi connectivity index (χ1v) is 7.76. The molecule has 4 nitrogen and oxygen atoms in total. The normalized spacial score (nSPS) is 30.1. The fourth-order valence-corrected chi connectivity index (χ4v) is 3.26. The van der Waals surface area contributed by atoms with Gasteiger partial charge in [0, 0.05) is 19.2 Å². The Morgan fingerprint density at radius 2 is 2.16 bits per heavy atom. The van der Waals surface area contributed by atoms with Crippen LogP contribution in [0.1, 0.15) is 58.3 Å². The van der Waals surface area contributed by atoms with E-state index in [2.05, 4.69) is 0 Å². The van der Waals surface area contributed by atoms with Crippen LogP contribution in [0.15, 0.2) is 0 Å². The van der Waals surface area contributed by atoms with Gasteiger partial charge in [0.05, 0.1) is 18.6 Å². The topological polar surface area (TPSA) is 49.8 Å². The Morgan fingerprint density at radius 3 is 2.84 bits per heavy atom. The van der Waals surface area contributed by atoms with Crippen LogP contribution in [0, 0.1) is 0 Å². The number of amides is 1. The number of aliphatic hydroxyl groups is 1. The molecule has 2 aliphatic rings. The summed E-state index contributed by atoms with van der Waals surface area (Å²) in [4.78, 5) is 14.5. The van der Waals surface area contributed by atoms with E-state index in [1.807, 2.05) is 11.8 Å². The van der Waals surface area contributed by atoms with Gasteiger partial charge >= 0.3 is 0 Å². The highest BCUT2D eigenvalue weighted by molar-refractivity contribution is 5.77. The molecular formula is C15H27NO3. The van der Waals surface area contributed by atoms with Gasteiger partial charge in [-0.25, -0.2) is 0 Å². The summed E-state index contributed by atoms with van der Waals surface area (Å²) >= 11 is 0. The second-order valence-corrected chi connectivity index (χ2v) is 6.01. The Labute approximate surface area is 116 Å². The van der Waals surface area contributed by atoms with Gasteiger partial charge in [-0.2, -0.15) is 0 Å². The molecule has 3 atom stereocenters. The molecule has 4 heteroatoms. The van der Waals surface area contributed by atoms with E-state index >= 15 is 0 Å². The first-order valence-electron chi connectivity index (χ1n) is 7.76. The minimum absolute atomic E-state index is 0.128. The first kappa shape index (κ1) is 14.8. The number of carbonyl (C=O) groups excluding carboxylic acids is 1. The molecule has 0 aromatic carbocycles. The van der Waals surface area contributed by atoms with Crippen molar-refractivity contribution in [1.82, 2.24) is 4.90 Å². The van der Waals surface area contributed by atoms with E-state index in [1.165, 1.54) is 12.8 Å². The average Bonchev–Trinajstić information content (AvgIpc) is 2.74. The average molecular weight is 269 g/mol. The van der Waals surface area contributed by atoms with Crippen LogP contribution in [-0.4, -0.2) is 47.3 Å². The fourth-order valence-electron chi connectivity index (χ4n) is 3.26. The van der Waals surface area contributed by atoms with E-state index in [1.54, 1.807) is 0 Å². The van der Waals surface area contributed by atoms with E-state index in [0.29, 0.717) is 12.8 Å². The highest BCUT2D eigenvalue weighted by atomic mass is 16.5. The Morgan fingerprint density at radius 1 is 1.32 bits per heavy atom. The maximum atomic E-state index is 12.5. The second kappa shape index (κ2) is 7.25. The maximum Gasteiger partial charge on any atom is 0.225 e. The van der Waals surface area contributed by atoms with Gasteiger partial charge in [-0.05, 0) is 39.0 Å². The lowest BCUT2D eigenvalue weighted by Crippen LogP contribution is -2.42. The predicted octanol–water partition coefficient (Wildman–Crippen LogP) is 2.10. The van der Waals surface area contributed by atoms with Crippen LogP contribution in [0.5, 0.6) is 0 Å². The van der Waals surface area contributed by atoms with Crippen LogP contribution in [0.3, 0.4) is 0 Å². The van der Waals surface area contributed by atoms with Crippen molar-refractivity contribution in [1.29, 1.82) is 0 Å². The molecule has 0 spiro atoms. The molecule has 0 radical (unpaired) electrons. The molecule has 0 bridgehead atoms. The Kier molecular flexibility index (Phi) is 5.64. The number of ether oxygens (including phenoxy) is 1. The lowest BCUT2D eigenvalue weighted by atomic mass is 10.0. The number of rotatable bonds is 4. The summed E-state index contributed by atoms with van der Waals surface area (Å²) in [5, 5.41) is 9.62. The van der Waals surface area contributed by atoms with Crippen molar-refractivity contribution in [3.63, 3.8) is 0 Å². The molecule has 1 N–H and O–H groups in total. The lowest BCUT2D eigenvalue weighted by molar-refractivity contribution is -0.136. The zero-order valence-electron chi connectivity index (χ0n) is 12.0. The molecule has 2 rings (SSSR count). The van der Waals surface area contributed by atoms with E-state index in [9.17, 15) is 9.90 Å². The molecule has 1 amide bonds. The van der Waals surface area contributed by atoms with Gasteiger partial charge in [-0.1, -0.05) is 12.8 Å². The summed E-state index contributed by atoms with van der Waals surface area (Å²) < 4.78 is 5.57. The van der Waals surface area contributed by atoms with Crippen molar-refractivity contribution in [3.05, 3.63) is 0 Å². The van der Waals surface area contributed by atoms with Crippen LogP contribution in [0.2, 0.25) is 0 Å². The van der Waals surface area contributed by atoms with Gasteiger partial charge in [0.15, 0.2) is 0 Å². The Balaban J connectivity index is 1.93. The Hall–Kier alpha value is -0.610. The molecule has 110 valence electrons. The van der Waals surface area contributed by atoms with Crippen LogP contribution >= 0.6 is 0 Å². The van der Waals surface area contributed by atoms with Crippen molar-refractivity contribution in [2.75, 3.05) is 13.2 Å². The molecule has 2 heterocycles. The van der Waals surface area contributed by atoms with Crippen molar-refractivity contribution in [3.8, 4) is 0 Å². The summed E-state index contributed by atoms with van der Waals surface area (Å²) in [6.07, 6.45) is 7.60. The first-order chi connectivity index (χ1) is 9.16. The van der Waals surface area contributed by atoms with E-state index in [-0.39, 0.29) is 24.2 Å². The van der Waals surface area contributed by atoms with E-state index < -0.39 is 0 Å². The highest BCUT2D eigenvalue weighted by Crippen LogP contribution is 2.23. The highest BCUT2D eigenvalue weighted by Gasteiger charge is 2.29. The van der Waals surface area contributed by atoms with Crippen molar-refractivity contribution in [2.24, 2.45) is 0 Å². The third-order valence-corrected chi connectivity index (χ3v) is 4.24. The van der Waals surface area contributed by atoms with Gasteiger partial charge < -0.3 is 14.7 Å².